The third-order valence-corrected chi connectivity index (χ3v) is 4.36. The van der Waals surface area contributed by atoms with Crippen molar-refractivity contribution in [3.63, 3.8) is 0 Å². The van der Waals surface area contributed by atoms with E-state index in [0.29, 0.717) is 28.2 Å². The number of hydrogen-bond acceptors (Lipinski definition) is 7. The predicted molar refractivity (Wildman–Crippen MR) is 104 cm³/mol. The number of benzene rings is 2. The number of non-ortho nitro benzene ring substituents is 1. The second-order valence-electron chi connectivity index (χ2n) is 6.37. The van der Waals surface area contributed by atoms with Crippen LogP contribution in [0.2, 0.25) is 0 Å². The second kappa shape index (κ2) is 8.14. The van der Waals surface area contributed by atoms with Gasteiger partial charge in [0, 0.05) is 17.7 Å². The number of nitro benzene ring substituents is 1. The van der Waals surface area contributed by atoms with Gasteiger partial charge in [0.1, 0.15) is 11.5 Å². The van der Waals surface area contributed by atoms with Gasteiger partial charge in [-0.25, -0.2) is 4.79 Å². The number of esters is 1. The van der Waals surface area contributed by atoms with Crippen LogP contribution in [-0.2, 0) is 9.53 Å². The monoisotopic (exact) mass is 397 g/mol. The highest BCUT2D eigenvalue weighted by Gasteiger charge is 2.31. The highest BCUT2D eigenvalue weighted by atomic mass is 16.6. The molecule has 1 heterocycles. The first-order valence-corrected chi connectivity index (χ1v) is 8.97. The topological polar surface area (TPSA) is 105 Å². The first-order chi connectivity index (χ1) is 13.8. The number of carbonyl (C=O) groups excluding carboxylic acids is 2. The van der Waals surface area contributed by atoms with Crippen molar-refractivity contribution in [1.29, 1.82) is 0 Å². The van der Waals surface area contributed by atoms with Crippen molar-refractivity contribution in [2.24, 2.45) is 0 Å². The molecule has 0 saturated carbocycles. The molecule has 0 radical (unpaired) electrons. The molecule has 2 aromatic carbocycles. The van der Waals surface area contributed by atoms with Crippen LogP contribution in [0.15, 0.2) is 42.2 Å². The standard InChI is InChI=1S/C21H19NO7/c1-4-27-21(24)13(3)28-17-10-9-16-19(23)18(29-20(16)12(17)2)11-14-5-7-15(8-6-14)22(25)26/h5-11,13H,4H2,1-3H3/b18-11-. The average Bonchev–Trinajstić information content (AvgIpc) is 3.01. The maximum atomic E-state index is 12.6. The zero-order valence-corrected chi connectivity index (χ0v) is 16.1. The summed E-state index contributed by atoms with van der Waals surface area (Å²) in [4.78, 5) is 34.7. The first kappa shape index (κ1) is 20.1. The molecular weight excluding hydrogens is 378 g/mol. The third-order valence-electron chi connectivity index (χ3n) is 4.36. The highest BCUT2D eigenvalue weighted by Crippen LogP contribution is 2.39. The number of carbonyl (C=O) groups is 2. The van der Waals surface area contributed by atoms with Crippen LogP contribution in [0, 0.1) is 17.0 Å². The number of nitrogens with zero attached hydrogens (tertiary/aromatic N) is 1. The van der Waals surface area contributed by atoms with E-state index in [9.17, 15) is 19.7 Å². The Morgan fingerprint density at radius 1 is 1.24 bits per heavy atom. The van der Waals surface area contributed by atoms with E-state index in [4.69, 9.17) is 14.2 Å². The summed E-state index contributed by atoms with van der Waals surface area (Å²) >= 11 is 0. The lowest BCUT2D eigenvalue weighted by Gasteiger charge is -2.16. The maximum absolute atomic E-state index is 12.6. The number of allylic oxidation sites excluding steroid dienone is 1. The van der Waals surface area contributed by atoms with Gasteiger partial charge in [-0.2, -0.15) is 0 Å². The van der Waals surface area contributed by atoms with Crippen molar-refractivity contribution in [1.82, 2.24) is 0 Å². The van der Waals surface area contributed by atoms with E-state index in [1.54, 1.807) is 32.9 Å². The Morgan fingerprint density at radius 3 is 2.55 bits per heavy atom. The molecule has 8 nitrogen and oxygen atoms in total. The smallest absolute Gasteiger partial charge is 0.347 e. The molecule has 1 aliphatic heterocycles. The maximum Gasteiger partial charge on any atom is 0.347 e. The van der Waals surface area contributed by atoms with Crippen LogP contribution in [-0.4, -0.2) is 29.4 Å². The summed E-state index contributed by atoms with van der Waals surface area (Å²) in [6.07, 6.45) is 0.715. The Kier molecular flexibility index (Phi) is 5.63. The van der Waals surface area contributed by atoms with Gasteiger partial charge in [-0.15, -0.1) is 0 Å². The number of ketones is 1. The van der Waals surface area contributed by atoms with E-state index >= 15 is 0 Å². The number of ether oxygens (including phenoxy) is 3. The molecule has 29 heavy (non-hydrogen) atoms. The van der Waals surface area contributed by atoms with Crippen molar-refractivity contribution in [2.75, 3.05) is 6.61 Å². The van der Waals surface area contributed by atoms with E-state index in [-0.39, 0.29) is 23.8 Å². The van der Waals surface area contributed by atoms with Crippen molar-refractivity contribution < 1.29 is 28.7 Å². The van der Waals surface area contributed by atoms with Crippen molar-refractivity contribution in [3.05, 3.63) is 69.0 Å². The Morgan fingerprint density at radius 2 is 1.93 bits per heavy atom. The van der Waals surface area contributed by atoms with E-state index in [0.717, 1.165) is 0 Å². The van der Waals surface area contributed by atoms with Gasteiger partial charge in [0.2, 0.25) is 5.78 Å². The summed E-state index contributed by atoms with van der Waals surface area (Å²) in [5.74, 6) is 0.0903. The minimum Gasteiger partial charge on any atom is -0.479 e. The fraction of sp³-hybridized carbons (Fsp3) is 0.238. The molecule has 150 valence electrons. The molecule has 0 aliphatic carbocycles. The molecule has 0 saturated heterocycles. The molecule has 8 heteroatoms. The molecule has 1 atom stereocenters. The summed E-state index contributed by atoms with van der Waals surface area (Å²) < 4.78 is 16.3. The molecule has 0 aromatic heterocycles. The molecule has 1 aliphatic rings. The molecular formula is C21H19NO7. The van der Waals surface area contributed by atoms with E-state index in [1.807, 2.05) is 0 Å². The Hall–Kier alpha value is -3.68. The number of Topliss-reactive ketones (excluding diaryl/α,β-unsaturated/α-hetero) is 1. The zero-order chi connectivity index (χ0) is 21.1. The largest absolute Gasteiger partial charge is 0.479 e. The van der Waals surface area contributed by atoms with Gasteiger partial charge in [0.15, 0.2) is 11.9 Å². The lowest BCUT2D eigenvalue weighted by Crippen LogP contribution is -2.26. The Labute approximate surface area is 166 Å². The normalized spacial score (nSPS) is 14.9. The van der Waals surface area contributed by atoms with E-state index in [1.165, 1.54) is 30.3 Å². The molecule has 0 amide bonds. The lowest BCUT2D eigenvalue weighted by atomic mass is 10.1. The molecule has 2 aromatic rings. The van der Waals surface area contributed by atoms with Crippen LogP contribution in [0.25, 0.3) is 6.08 Å². The van der Waals surface area contributed by atoms with E-state index in [2.05, 4.69) is 0 Å². The van der Waals surface area contributed by atoms with E-state index < -0.39 is 17.0 Å². The van der Waals surface area contributed by atoms with Gasteiger partial charge in [0.05, 0.1) is 17.1 Å². The summed E-state index contributed by atoms with van der Waals surface area (Å²) in [6.45, 7) is 5.28. The highest BCUT2D eigenvalue weighted by molar-refractivity contribution is 6.15. The molecule has 0 N–H and O–H groups in total. The van der Waals surface area contributed by atoms with Crippen LogP contribution in [0.4, 0.5) is 5.69 Å². The molecule has 0 bridgehead atoms. The molecule has 0 spiro atoms. The van der Waals surface area contributed by atoms with Crippen LogP contribution in [0.1, 0.15) is 35.3 Å². The zero-order valence-electron chi connectivity index (χ0n) is 16.1. The second-order valence-corrected chi connectivity index (χ2v) is 6.37. The Bertz CT molecular complexity index is 1010. The molecule has 3 rings (SSSR count). The van der Waals surface area contributed by atoms with Crippen LogP contribution in [0.3, 0.4) is 0 Å². The summed E-state index contributed by atoms with van der Waals surface area (Å²) in [5.41, 5.74) is 1.52. The first-order valence-electron chi connectivity index (χ1n) is 8.97. The van der Waals surface area contributed by atoms with Gasteiger partial charge in [0.25, 0.3) is 5.69 Å². The van der Waals surface area contributed by atoms with Gasteiger partial charge >= 0.3 is 5.97 Å². The van der Waals surface area contributed by atoms with Crippen molar-refractivity contribution in [3.8, 4) is 11.5 Å². The summed E-state index contributed by atoms with van der Waals surface area (Å²) in [7, 11) is 0. The van der Waals surface area contributed by atoms with Crippen molar-refractivity contribution in [2.45, 2.75) is 26.9 Å². The van der Waals surface area contributed by atoms with Gasteiger partial charge in [-0.05, 0) is 56.7 Å². The van der Waals surface area contributed by atoms with Crippen LogP contribution in [0.5, 0.6) is 11.5 Å². The fourth-order valence-corrected chi connectivity index (χ4v) is 2.84. The lowest BCUT2D eigenvalue weighted by molar-refractivity contribution is -0.384. The number of nitro groups is 1. The van der Waals surface area contributed by atoms with Crippen LogP contribution < -0.4 is 9.47 Å². The fourth-order valence-electron chi connectivity index (χ4n) is 2.84. The van der Waals surface area contributed by atoms with Gasteiger partial charge in [-0.1, -0.05) is 0 Å². The van der Waals surface area contributed by atoms with Crippen LogP contribution >= 0.6 is 0 Å². The predicted octanol–water partition coefficient (Wildman–Crippen LogP) is 3.85. The SMILES string of the molecule is CCOC(=O)C(C)Oc1ccc2c(c1C)O/C(=C\c1ccc([N+](=O)[O-])cc1)C2=O. The summed E-state index contributed by atoms with van der Waals surface area (Å²) in [6, 6.07) is 8.97. The number of hydrogen-bond donors (Lipinski definition) is 0. The number of rotatable bonds is 6. The van der Waals surface area contributed by atoms with Gasteiger partial charge in [-0.3, -0.25) is 14.9 Å². The quantitative estimate of drug-likeness (QED) is 0.315. The van der Waals surface area contributed by atoms with Crippen molar-refractivity contribution >= 4 is 23.5 Å². The van der Waals surface area contributed by atoms with Gasteiger partial charge < -0.3 is 14.2 Å². The molecule has 0 fully saturated rings. The number of fused-ring (bicyclic) bond motifs is 1. The molecule has 1 unspecified atom stereocenters. The average molecular weight is 397 g/mol. The summed E-state index contributed by atoms with van der Waals surface area (Å²) in [5, 5.41) is 10.8. The third kappa shape index (κ3) is 4.11. The Balaban J connectivity index is 1.84. The minimum atomic E-state index is -0.807. The minimum absolute atomic E-state index is 0.0394.